The molecule has 0 bridgehead atoms. The van der Waals surface area contributed by atoms with Crippen molar-refractivity contribution in [2.75, 3.05) is 13.7 Å². The van der Waals surface area contributed by atoms with E-state index in [4.69, 9.17) is 9.26 Å². The number of carbonyl (C=O) groups excluding carboxylic acids is 1. The number of esters is 1. The Kier molecular flexibility index (Phi) is 8.12. The van der Waals surface area contributed by atoms with E-state index in [1.54, 1.807) is 0 Å². The van der Waals surface area contributed by atoms with E-state index in [2.05, 4.69) is 14.8 Å². The van der Waals surface area contributed by atoms with Crippen molar-refractivity contribution in [3.8, 4) is 5.88 Å². The molecule has 13 heteroatoms. The maximum atomic E-state index is 14.4. The Labute approximate surface area is 172 Å². The van der Waals surface area contributed by atoms with Crippen LogP contribution in [0.1, 0.15) is 38.5 Å². The number of ether oxygens (including phenoxy) is 2. The van der Waals surface area contributed by atoms with Crippen molar-refractivity contribution in [1.82, 2.24) is 14.6 Å². The molecule has 1 aliphatic heterocycles. The van der Waals surface area contributed by atoms with Gasteiger partial charge in [-0.3, -0.25) is 13.9 Å². The lowest BCUT2D eigenvalue weighted by Crippen LogP contribution is -2.37. The van der Waals surface area contributed by atoms with Crippen molar-refractivity contribution >= 4 is 13.7 Å². The molecule has 2 N–H and O–H groups in total. The van der Waals surface area contributed by atoms with Gasteiger partial charge in [0.15, 0.2) is 0 Å². The fourth-order valence-corrected chi connectivity index (χ4v) is 4.02. The minimum Gasteiger partial charge on any atom is -0.858 e. The first-order valence-corrected chi connectivity index (χ1v) is 10.9. The quantitative estimate of drug-likeness (QED) is 0.403. The molecule has 0 saturated carbocycles. The predicted molar refractivity (Wildman–Crippen MR) is 100 cm³/mol. The zero-order valence-corrected chi connectivity index (χ0v) is 18.0. The second-order valence-corrected chi connectivity index (χ2v) is 9.01. The summed E-state index contributed by atoms with van der Waals surface area (Å²) in [6.07, 6.45) is -2.65. The molecule has 1 aromatic heterocycles. The summed E-state index contributed by atoms with van der Waals surface area (Å²) < 4.78 is 42.6. The molecule has 2 heterocycles. The summed E-state index contributed by atoms with van der Waals surface area (Å²) >= 11 is 0. The normalized spacial score (nSPS) is 24.6. The highest BCUT2D eigenvalue weighted by Gasteiger charge is 2.39. The highest BCUT2D eigenvalue weighted by molar-refractivity contribution is 7.50. The molecule has 170 valence electrons. The minimum atomic E-state index is -4.49. The second-order valence-electron chi connectivity index (χ2n) is 7.45. The SMILES string of the molecule is COC(=O)[C@H](CC(C)C)NP(=O)(O)OC[C@H]1O[C@@H](n2cc(C)c([O-])nc2=O)C[C@@H]1F. The number of methoxy groups -OCH3 is 1. The van der Waals surface area contributed by atoms with E-state index < -0.39 is 56.4 Å². The minimum absolute atomic E-state index is 0.0200. The van der Waals surface area contributed by atoms with Gasteiger partial charge in [-0.05, 0) is 30.7 Å². The van der Waals surface area contributed by atoms with Crippen molar-refractivity contribution in [2.45, 2.75) is 58.2 Å². The molecule has 5 atom stereocenters. The van der Waals surface area contributed by atoms with Gasteiger partial charge in [-0.25, -0.2) is 23.8 Å². The maximum Gasteiger partial charge on any atom is 0.403 e. The summed E-state index contributed by atoms with van der Waals surface area (Å²) in [4.78, 5) is 37.0. The van der Waals surface area contributed by atoms with Crippen LogP contribution in [0.15, 0.2) is 11.0 Å². The highest BCUT2D eigenvalue weighted by Crippen LogP contribution is 2.40. The van der Waals surface area contributed by atoms with Crippen LogP contribution >= 0.6 is 7.75 Å². The number of halogens is 1. The Balaban J connectivity index is 2.01. The van der Waals surface area contributed by atoms with Crippen molar-refractivity contribution in [2.24, 2.45) is 5.92 Å². The van der Waals surface area contributed by atoms with Gasteiger partial charge in [0, 0.05) is 12.6 Å². The van der Waals surface area contributed by atoms with E-state index in [0.29, 0.717) is 0 Å². The van der Waals surface area contributed by atoms with Crippen molar-refractivity contribution in [1.29, 1.82) is 0 Å². The largest absolute Gasteiger partial charge is 0.858 e. The number of aromatic nitrogens is 2. The fourth-order valence-electron chi connectivity index (χ4n) is 2.99. The van der Waals surface area contributed by atoms with Gasteiger partial charge in [-0.2, -0.15) is 0 Å². The molecule has 0 amide bonds. The number of nitrogens with zero attached hydrogens (tertiary/aromatic N) is 2. The predicted octanol–water partition coefficient (Wildman–Crippen LogP) is 0.545. The van der Waals surface area contributed by atoms with Crippen LogP contribution in [-0.4, -0.2) is 52.4 Å². The molecule has 2 rings (SSSR count). The van der Waals surface area contributed by atoms with Crippen LogP contribution in [-0.2, 0) is 23.4 Å². The lowest BCUT2D eigenvalue weighted by atomic mass is 10.1. The molecular weight excluding hydrogens is 424 g/mol. The fraction of sp³-hybridized carbons (Fsp3) is 0.706. The Bertz CT molecular complexity index is 864. The number of aryl methyl sites for hydroxylation is 1. The Morgan fingerprint density at radius 3 is 2.83 bits per heavy atom. The summed E-state index contributed by atoms with van der Waals surface area (Å²) in [5.41, 5.74) is -0.690. The van der Waals surface area contributed by atoms with E-state index in [0.717, 1.165) is 11.7 Å². The number of alkyl halides is 1. The smallest absolute Gasteiger partial charge is 0.403 e. The summed E-state index contributed by atoms with van der Waals surface area (Å²) in [5.74, 6) is -1.39. The molecule has 1 saturated heterocycles. The molecular formula is C17H26FN3O8P-. The molecule has 1 unspecified atom stereocenters. The molecule has 0 aromatic carbocycles. The molecule has 0 spiro atoms. The molecule has 0 radical (unpaired) electrons. The van der Waals surface area contributed by atoms with E-state index in [1.165, 1.54) is 13.1 Å². The molecule has 1 fully saturated rings. The Morgan fingerprint density at radius 2 is 2.23 bits per heavy atom. The molecule has 1 aromatic rings. The zero-order valence-electron chi connectivity index (χ0n) is 17.1. The first-order chi connectivity index (χ1) is 13.9. The van der Waals surface area contributed by atoms with Crippen molar-refractivity contribution in [3.05, 3.63) is 22.2 Å². The van der Waals surface area contributed by atoms with Crippen LogP contribution in [0.25, 0.3) is 0 Å². The van der Waals surface area contributed by atoms with Crippen molar-refractivity contribution in [3.63, 3.8) is 0 Å². The first-order valence-electron chi connectivity index (χ1n) is 9.32. The van der Waals surface area contributed by atoms with Gasteiger partial charge in [0.2, 0.25) is 0 Å². The average Bonchev–Trinajstić information content (AvgIpc) is 3.01. The number of hydrogen-bond acceptors (Lipinski definition) is 8. The van der Waals surface area contributed by atoms with Gasteiger partial charge in [0.05, 0.1) is 13.7 Å². The number of carbonyl (C=O) groups is 1. The zero-order chi connectivity index (χ0) is 22.6. The van der Waals surface area contributed by atoms with Gasteiger partial charge in [0.1, 0.15) is 24.5 Å². The monoisotopic (exact) mass is 450 g/mol. The highest BCUT2D eigenvalue weighted by atomic mass is 31.2. The third-order valence-electron chi connectivity index (χ3n) is 4.49. The summed E-state index contributed by atoms with van der Waals surface area (Å²) in [5, 5.41) is 13.6. The number of nitrogens with one attached hydrogen (secondary N) is 1. The van der Waals surface area contributed by atoms with Gasteiger partial charge in [0.25, 0.3) is 0 Å². The van der Waals surface area contributed by atoms with Crippen LogP contribution in [0.2, 0.25) is 0 Å². The van der Waals surface area contributed by atoms with Crippen LogP contribution in [0.4, 0.5) is 4.39 Å². The van der Waals surface area contributed by atoms with Crippen molar-refractivity contribution < 1.29 is 37.7 Å². The second kappa shape index (κ2) is 9.97. The molecule has 11 nitrogen and oxygen atoms in total. The maximum absolute atomic E-state index is 14.4. The van der Waals surface area contributed by atoms with E-state index >= 15 is 0 Å². The third-order valence-corrected chi connectivity index (χ3v) is 5.62. The van der Waals surface area contributed by atoms with Gasteiger partial charge < -0.3 is 19.5 Å². The van der Waals surface area contributed by atoms with Gasteiger partial charge >= 0.3 is 19.4 Å². The molecule has 30 heavy (non-hydrogen) atoms. The number of hydrogen-bond donors (Lipinski definition) is 2. The molecule has 1 aliphatic rings. The summed E-state index contributed by atoms with van der Waals surface area (Å²) in [6.45, 7) is 4.49. The average molecular weight is 450 g/mol. The Morgan fingerprint density at radius 1 is 1.57 bits per heavy atom. The van der Waals surface area contributed by atoms with E-state index in [-0.39, 0.29) is 24.3 Å². The summed E-state index contributed by atoms with van der Waals surface area (Å²) in [7, 11) is -3.33. The first kappa shape index (κ1) is 24.4. The van der Waals surface area contributed by atoms with Crippen LogP contribution in [0.3, 0.4) is 0 Å². The molecule has 0 aliphatic carbocycles. The Hall–Kier alpha value is -1.85. The standard InChI is InChI=1S/C17H27FN3O8P/c1-9(2)5-12(16(23)27-4)20-30(25,26)28-8-13-11(18)6-14(29-13)21-7-10(3)15(22)19-17(21)24/h7,9,11-14H,5-6,8H2,1-4H3,(H,19,22,24)(H2,20,25,26)/p-1/t11-,12-,13+,14+/m0/s1. The third kappa shape index (κ3) is 6.32. The van der Waals surface area contributed by atoms with Gasteiger partial charge in [-0.1, -0.05) is 13.8 Å². The number of rotatable bonds is 9. The summed E-state index contributed by atoms with van der Waals surface area (Å²) in [6, 6.07) is -1.08. The lowest BCUT2D eigenvalue weighted by Gasteiger charge is -2.23. The van der Waals surface area contributed by atoms with Crippen LogP contribution in [0, 0.1) is 12.8 Å². The lowest BCUT2D eigenvalue weighted by molar-refractivity contribution is -0.276. The van der Waals surface area contributed by atoms with E-state index in [1.807, 2.05) is 13.8 Å². The van der Waals surface area contributed by atoms with Crippen LogP contribution in [0.5, 0.6) is 5.88 Å². The van der Waals surface area contributed by atoms with Crippen LogP contribution < -0.4 is 15.9 Å². The van der Waals surface area contributed by atoms with Gasteiger partial charge in [-0.15, -0.1) is 0 Å². The topological polar surface area (TPSA) is 152 Å². The van der Waals surface area contributed by atoms with E-state index in [9.17, 15) is 28.5 Å².